The van der Waals surface area contributed by atoms with Crippen LogP contribution in [0.4, 0.5) is 0 Å². The first kappa shape index (κ1) is 42.3. The topological polar surface area (TPSA) is 9.23 Å². The van der Waals surface area contributed by atoms with Gasteiger partial charge in [-0.05, 0) is 12.8 Å². The summed E-state index contributed by atoms with van der Waals surface area (Å²) in [5.74, 6) is 2.71. The maximum absolute atomic E-state index is 6.13. The Labute approximate surface area is 273 Å². The Balaban J connectivity index is 3.52. The summed E-state index contributed by atoms with van der Waals surface area (Å²) in [6.45, 7) is 17.7. The molecule has 0 aliphatic heterocycles. The quantitative estimate of drug-likeness (QED) is 0.0512. The summed E-state index contributed by atoms with van der Waals surface area (Å²) in [6, 6.07) is 0. The van der Waals surface area contributed by atoms with E-state index in [-0.39, 0.29) is 0 Å². The minimum Gasteiger partial charge on any atom is -0.467 e. The maximum Gasteiger partial charge on any atom is 0.0992 e. The molecule has 1 nitrogen and oxygen atoms in total. The van der Waals surface area contributed by atoms with Gasteiger partial charge in [0.25, 0.3) is 0 Å². The molecule has 0 spiro atoms. The molecule has 0 aromatic carbocycles. The van der Waals surface area contributed by atoms with Gasteiger partial charge in [0.15, 0.2) is 0 Å². The number of hydrogen-bond acceptors (Lipinski definition) is 1. The van der Waals surface area contributed by atoms with Crippen LogP contribution >= 0.6 is 0 Å². The van der Waals surface area contributed by atoms with Crippen molar-refractivity contribution in [1.82, 2.24) is 0 Å². The largest absolute Gasteiger partial charge is 0.467 e. The molecule has 0 amide bonds. The highest BCUT2D eigenvalue weighted by Gasteiger charge is 2.13. The molecule has 2 atom stereocenters. The molecule has 1 heteroatoms. The van der Waals surface area contributed by atoms with Crippen LogP contribution in [-0.4, -0.2) is 0 Å². The molecular weight excluding hydrogens is 520 g/mol. The van der Waals surface area contributed by atoms with Crippen molar-refractivity contribution in [2.24, 2.45) is 11.8 Å². The van der Waals surface area contributed by atoms with E-state index < -0.39 is 0 Å². The third-order valence-electron chi connectivity index (χ3n) is 9.84. The predicted molar refractivity (Wildman–Crippen MR) is 197 cm³/mol. The van der Waals surface area contributed by atoms with Crippen LogP contribution in [0.25, 0.3) is 0 Å². The Morgan fingerprint density at radius 1 is 0.349 bits per heavy atom. The van der Waals surface area contributed by atoms with E-state index in [1.165, 1.54) is 205 Å². The number of ether oxygens (including phenoxy) is 1. The zero-order chi connectivity index (χ0) is 31.6. The zero-order valence-corrected chi connectivity index (χ0v) is 30.6. The summed E-state index contributed by atoms with van der Waals surface area (Å²) in [5, 5.41) is 0. The van der Waals surface area contributed by atoms with Gasteiger partial charge in [-0.2, -0.15) is 0 Å². The van der Waals surface area contributed by atoms with Gasteiger partial charge in [0.1, 0.15) is 0 Å². The van der Waals surface area contributed by atoms with Crippen LogP contribution in [0.3, 0.4) is 0 Å². The fourth-order valence-electron chi connectivity index (χ4n) is 6.34. The Morgan fingerprint density at radius 2 is 0.535 bits per heavy atom. The molecular formula is C42H82O. The minimum absolute atomic E-state index is 0.428. The van der Waals surface area contributed by atoms with Crippen LogP contribution in [0.15, 0.2) is 24.7 Å². The van der Waals surface area contributed by atoms with E-state index in [0.717, 1.165) is 11.5 Å². The molecule has 0 N–H and O–H groups in total. The highest BCUT2D eigenvalue weighted by Crippen LogP contribution is 2.26. The van der Waals surface area contributed by atoms with Gasteiger partial charge in [-0.1, -0.05) is 233 Å². The summed E-state index contributed by atoms with van der Waals surface area (Å²) in [7, 11) is 0. The molecule has 0 fully saturated rings. The summed E-state index contributed by atoms with van der Waals surface area (Å²) >= 11 is 0. The van der Waals surface area contributed by atoms with Gasteiger partial charge >= 0.3 is 0 Å². The first-order chi connectivity index (χ1) is 21.0. The molecule has 43 heavy (non-hydrogen) atoms. The summed E-state index contributed by atoms with van der Waals surface area (Å²) < 4.78 is 6.13. The number of allylic oxidation sites excluding steroid dienone is 2. The zero-order valence-electron chi connectivity index (χ0n) is 30.6. The number of unbranched alkanes of at least 4 members (excludes halogenated alkanes) is 28. The van der Waals surface area contributed by atoms with E-state index in [9.17, 15) is 0 Å². The molecule has 0 saturated carbocycles. The van der Waals surface area contributed by atoms with Gasteiger partial charge in [0, 0.05) is 11.8 Å². The van der Waals surface area contributed by atoms with Crippen molar-refractivity contribution in [2.45, 2.75) is 233 Å². The van der Waals surface area contributed by atoms with Gasteiger partial charge in [0.2, 0.25) is 0 Å². The van der Waals surface area contributed by atoms with Crippen molar-refractivity contribution in [3.63, 3.8) is 0 Å². The lowest BCUT2D eigenvalue weighted by Crippen LogP contribution is -2.07. The lowest BCUT2D eigenvalue weighted by atomic mass is 9.98. The Hall–Kier alpha value is -0.720. The molecule has 0 saturated heterocycles. The molecule has 0 aliphatic rings. The minimum atomic E-state index is 0.428. The van der Waals surface area contributed by atoms with Crippen molar-refractivity contribution in [2.75, 3.05) is 0 Å². The second kappa shape index (κ2) is 34.2. The van der Waals surface area contributed by atoms with Crippen LogP contribution < -0.4 is 0 Å². The number of rotatable bonds is 36. The second-order valence-corrected chi connectivity index (χ2v) is 14.3. The van der Waals surface area contributed by atoms with Crippen LogP contribution in [0.1, 0.15) is 233 Å². The van der Waals surface area contributed by atoms with Crippen molar-refractivity contribution in [3.05, 3.63) is 24.7 Å². The maximum atomic E-state index is 6.13. The van der Waals surface area contributed by atoms with Crippen LogP contribution in [0, 0.1) is 11.8 Å². The van der Waals surface area contributed by atoms with Gasteiger partial charge < -0.3 is 4.74 Å². The van der Waals surface area contributed by atoms with Crippen molar-refractivity contribution < 1.29 is 4.74 Å². The lowest BCUT2D eigenvalue weighted by Gasteiger charge is -2.21. The van der Waals surface area contributed by atoms with E-state index >= 15 is 0 Å². The van der Waals surface area contributed by atoms with Gasteiger partial charge in [0.05, 0.1) is 11.5 Å². The Kier molecular flexibility index (Phi) is 33.6. The van der Waals surface area contributed by atoms with Gasteiger partial charge in [-0.25, -0.2) is 0 Å². The molecule has 0 heterocycles. The Bertz CT molecular complexity index is 527. The van der Waals surface area contributed by atoms with Gasteiger partial charge in [-0.15, -0.1) is 0 Å². The molecule has 0 bridgehead atoms. The van der Waals surface area contributed by atoms with Crippen LogP contribution in [0.2, 0.25) is 0 Å². The predicted octanol–water partition coefficient (Wildman–Crippen LogP) is 15.8. The third-order valence-corrected chi connectivity index (χ3v) is 9.84. The SMILES string of the molecule is C=C(OC(=C)C(C)CCCCCCCCCCCCCCCCC)C(C)CCCCCCCCCCCCCCCCC. The monoisotopic (exact) mass is 603 g/mol. The summed E-state index contributed by atoms with van der Waals surface area (Å²) in [4.78, 5) is 0. The molecule has 0 rings (SSSR count). The van der Waals surface area contributed by atoms with E-state index in [2.05, 4.69) is 40.9 Å². The van der Waals surface area contributed by atoms with Gasteiger partial charge in [-0.3, -0.25) is 0 Å². The average molecular weight is 603 g/mol. The van der Waals surface area contributed by atoms with E-state index in [0.29, 0.717) is 11.8 Å². The summed E-state index contributed by atoms with van der Waals surface area (Å²) in [6.07, 6.45) is 45.0. The average Bonchev–Trinajstić information content (AvgIpc) is 3.00. The van der Waals surface area contributed by atoms with Crippen LogP contribution in [-0.2, 0) is 4.74 Å². The highest BCUT2D eigenvalue weighted by molar-refractivity contribution is 4.99. The smallest absolute Gasteiger partial charge is 0.0992 e. The summed E-state index contributed by atoms with van der Waals surface area (Å²) in [5.41, 5.74) is 0. The van der Waals surface area contributed by atoms with E-state index in [4.69, 9.17) is 4.74 Å². The second-order valence-electron chi connectivity index (χ2n) is 14.3. The molecule has 0 aromatic heterocycles. The fourth-order valence-corrected chi connectivity index (χ4v) is 6.34. The normalized spacial score (nSPS) is 12.8. The fraction of sp³-hybridized carbons (Fsp3) is 0.905. The molecule has 2 unspecified atom stereocenters. The molecule has 0 aromatic rings. The third kappa shape index (κ3) is 31.1. The van der Waals surface area contributed by atoms with E-state index in [1.807, 2.05) is 0 Å². The van der Waals surface area contributed by atoms with Crippen LogP contribution in [0.5, 0.6) is 0 Å². The first-order valence-corrected chi connectivity index (χ1v) is 20.1. The molecule has 0 aliphatic carbocycles. The Morgan fingerprint density at radius 3 is 0.744 bits per heavy atom. The highest BCUT2D eigenvalue weighted by atomic mass is 16.5. The first-order valence-electron chi connectivity index (χ1n) is 20.1. The molecule has 0 radical (unpaired) electrons. The number of hydrogen-bond donors (Lipinski definition) is 0. The molecule has 256 valence electrons. The lowest BCUT2D eigenvalue weighted by molar-refractivity contribution is 0.218. The van der Waals surface area contributed by atoms with Crippen molar-refractivity contribution >= 4 is 0 Å². The standard InChI is InChI=1S/C42H82O/c1-7-9-11-13-15-17-19-21-23-25-27-29-31-33-35-37-39(3)41(5)43-42(6)40(4)38-36-34-32-30-28-26-24-22-20-18-16-14-12-10-8-2/h39-40H,5-38H2,1-4H3. The van der Waals surface area contributed by atoms with Crippen molar-refractivity contribution in [1.29, 1.82) is 0 Å². The van der Waals surface area contributed by atoms with E-state index in [1.54, 1.807) is 0 Å². The van der Waals surface area contributed by atoms with Crippen molar-refractivity contribution in [3.8, 4) is 0 Å².